The number of rotatable bonds is 3. The maximum Gasteiger partial charge on any atom is 0.257 e. The van der Waals surface area contributed by atoms with Gasteiger partial charge in [-0.1, -0.05) is 12.1 Å². The number of piperidine rings is 1. The molecule has 0 N–H and O–H groups in total. The van der Waals surface area contributed by atoms with Crippen molar-refractivity contribution in [3.63, 3.8) is 0 Å². The number of likely N-dealkylation sites (tertiary alicyclic amines) is 1. The van der Waals surface area contributed by atoms with Crippen LogP contribution in [-0.4, -0.2) is 40.6 Å². The second kappa shape index (κ2) is 7.70. The zero-order valence-corrected chi connectivity index (χ0v) is 17.1. The van der Waals surface area contributed by atoms with Gasteiger partial charge in [0.1, 0.15) is 17.9 Å². The summed E-state index contributed by atoms with van der Waals surface area (Å²) >= 11 is 0. The molecule has 0 aliphatic carbocycles. The van der Waals surface area contributed by atoms with Crippen LogP contribution in [0.2, 0.25) is 0 Å². The first-order chi connectivity index (χ1) is 15.0. The van der Waals surface area contributed by atoms with Crippen LogP contribution in [-0.2, 0) is 16.1 Å². The Balaban J connectivity index is 1.28. The molecule has 0 aromatic heterocycles. The standard InChI is InChI=1S/C24H23F2N3O2/c25-19-11-18(12-20(26)13-19)21-4-5-22-29(21)23(30)24(31-22)6-8-28(9-7-24)15-17-3-1-2-16(10-17)14-27/h1-3,10-13,21-22H,4-9,15H2/t21-,22+/m0/s1. The highest BCUT2D eigenvalue weighted by Crippen LogP contribution is 2.47. The fourth-order valence-corrected chi connectivity index (χ4v) is 5.21. The molecule has 2 aromatic carbocycles. The van der Waals surface area contributed by atoms with Gasteiger partial charge in [0.05, 0.1) is 17.7 Å². The third-order valence-electron chi connectivity index (χ3n) is 6.71. The fourth-order valence-electron chi connectivity index (χ4n) is 5.21. The summed E-state index contributed by atoms with van der Waals surface area (Å²) in [5.74, 6) is -1.32. The number of halogens is 2. The number of nitrogens with zero attached hydrogens (tertiary/aromatic N) is 3. The van der Waals surface area contributed by atoms with Gasteiger partial charge in [-0.2, -0.15) is 5.26 Å². The minimum absolute atomic E-state index is 0.0594. The average molecular weight is 423 g/mol. The highest BCUT2D eigenvalue weighted by molar-refractivity contribution is 5.88. The summed E-state index contributed by atoms with van der Waals surface area (Å²) in [6.45, 7) is 2.14. The average Bonchev–Trinajstić information content (AvgIpc) is 3.27. The molecule has 0 unspecified atom stereocenters. The molecular formula is C24H23F2N3O2. The highest BCUT2D eigenvalue weighted by atomic mass is 19.1. The molecule has 3 saturated heterocycles. The van der Waals surface area contributed by atoms with E-state index in [-0.39, 0.29) is 18.2 Å². The topological polar surface area (TPSA) is 56.6 Å². The van der Waals surface area contributed by atoms with Gasteiger partial charge in [-0.05, 0) is 61.1 Å². The molecule has 31 heavy (non-hydrogen) atoms. The SMILES string of the molecule is N#Cc1cccc(CN2CCC3(CC2)O[C@@H]2CC[C@@H](c4cc(F)cc(F)c4)N2C3=O)c1. The van der Waals surface area contributed by atoms with E-state index in [0.29, 0.717) is 49.9 Å². The lowest BCUT2D eigenvalue weighted by Gasteiger charge is -2.37. The molecule has 0 bridgehead atoms. The number of benzene rings is 2. The van der Waals surface area contributed by atoms with Crippen molar-refractivity contribution >= 4 is 5.91 Å². The molecule has 1 spiro atoms. The van der Waals surface area contributed by atoms with Crippen molar-refractivity contribution in [1.29, 1.82) is 5.26 Å². The van der Waals surface area contributed by atoms with Crippen molar-refractivity contribution in [2.45, 2.75) is 50.1 Å². The van der Waals surface area contributed by atoms with E-state index in [1.54, 1.807) is 11.0 Å². The molecule has 3 heterocycles. The summed E-state index contributed by atoms with van der Waals surface area (Å²) < 4.78 is 33.8. The van der Waals surface area contributed by atoms with Crippen LogP contribution in [0.3, 0.4) is 0 Å². The first-order valence-electron chi connectivity index (χ1n) is 10.7. The lowest BCUT2D eigenvalue weighted by atomic mass is 9.89. The molecule has 3 fully saturated rings. The molecule has 5 rings (SSSR count). The number of fused-ring (bicyclic) bond motifs is 1. The Hall–Kier alpha value is -2.82. The Kier molecular flexibility index (Phi) is 4.99. The van der Waals surface area contributed by atoms with Crippen molar-refractivity contribution in [2.24, 2.45) is 0 Å². The van der Waals surface area contributed by atoms with Crippen LogP contribution >= 0.6 is 0 Å². The molecular weight excluding hydrogens is 400 g/mol. The largest absolute Gasteiger partial charge is 0.342 e. The molecule has 3 aliphatic rings. The predicted molar refractivity (Wildman–Crippen MR) is 108 cm³/mol. The van der Waals surface area contributed by atoms with Crippen LogP contribution in [0.5, 0.6) is 0 Å². The molecule has 2 atom stereocenters. The summed E-state index contributed by atoms with van der Waals surface area (Å²) in [6.07, 6.45) is 2.14. The quantitative estimate of drug-likeness (QED) is 0.752. The fraction of sp³-hybridized carbons (Fsp3) is 0.417. The van der Waals surface area contributed by atoms with E-state index >= 15 is 0 Å². The molecule has 160 valence electrons. The Labute approximate surface area is 179 Å². The highest BCUT2D eigenvalue weighted by Gasteiger charge is 2.57. The van der Waals surface area contributed by atoms with E-state index in [0.717, 1.165) is 18.2 Å². The van der Waals surface area contributed by atoms with Gasteiger partial charge < -0.3 is 9.64 Å². The van der Waals surface area contributed by atoms with Crippen LogP contribution in [0.25, 0.3) is 0 Å². The molecule has 3 aliphatic heterocycles. The molecule has 0 radical (unpaired) electrons. The Morgan fingerprint density at radius 2 is 1.84 bits per heavy atom. The number of carbonyl (C=O) groups is 1. The Morgan fingerprint density at radius 3 is 2.55 bits per heavy atom. The second-order valence-corrected chi connectivity index (χ2v) is 8.66. The third-order valence-corrected chi connectivity index (χ3v) is 6.71. The Bertz CT molecular complexity index is 1040. The van der Waals surface area contributed by atoms with Crippen LogP contribution < -0.4 is 0 Å². The first kappa shape index (κ1) is 20.1. The van der Waals surface area contributed by atoms with Crippen LogP contribution in [0.15, 0.2) is 42.5 Å². The van der Waals surface area contributed by atoms with Gasteiger partial charge in [-0.25, -0.2) is 8.78 Å². The number of nitriles is 1. The maximum absolute atomic E-state index is 13.7. The molecule has 2 aromatic rings. The van der Waals surface area contributed by atoms with E-state index in [4.69, 9.17) is 10.00 Å². The number of hydrogen-bond acceptors (Lipinski definition) is 4. The van der Waals surface area contributed by atoms with Gasteiger partial charge in [0, 0.05) is 25.7 Å². The van der Waals surface area contributed by atoms with Gasteiger partial charge in [0.15, 0.2) is 5.60 Å². The number of carbonyl (C=O) groups excluding carboxylic acids is 1. The number of ether oxygens (including phenoxy) is 1. The summed E-state index contributed by atoms with van der Waals surface area (Å²) in [5, 5.41) is 9.09. The van der Waals surface area contributed by atoms with E-state index in [1.807, 2.05) is 18.2 Å². The molecule has 7 heteroatoms. The zero-order chi connectivity index (χ0) is 21.6. The van der Waals surface area contributed by atoms with E-state index < -0.39 is 17.2 Å². The number of amides is 1. The van der Waals surface area contributed by atoms with E-state index in [2.05, 4.69) is 11.0 Å². The minimum atomic E-state index is -0.847. The van der Waals surface area contributed by atoms with Crippen LogP contribution in [0, 0.1) is 23.0 Å². The molecule has 0 saturated carbocycles. The maximum atomic E-state index is 13.7. The monoisotopic (exact) mass is 423 g/mol. The molecule has 1 amide bonds. The van der Waals surface area contributed by atoms with E-state index in [9.17, 15) is 13.6 Å². The van der Waals surface area contributed by atoms with E-state index in [1.165, 1.54) is 12.1 Å². The summed E-state index contributed by atoms with van der Waals surface area (Å²) in [7, 11) is 0. The summed E-state index contributed by atoms with van der Waals surface area (Å²) in [6, 6.07) is 12.8. The van der Waals surface area contributed by atoms with Gasteiger partial charge in [-0.15, -0.1) is 0 Å². The second-order valence-electron chi connectivity index (χ2n) is 8.66. The minimum Gasteiger partial charge on any atom is -0.342 e. The van der Waals surface area contributed by atoms with Crippen LogP contribution in [0.1, 0.15) is 48.4 Å². The Morgan fingerprint density at radius 1 is 1.10 bits per heavy atom. The van der Waals surface area contributed by atoms with Crippen molar-refractivity contribution in [2.75, 3.05) is 13.1 Å². The van der Waals surface area contributed by atoms with Gasteiger partial charge in [0.2, 0.25) is 0 Å². The van der Waals surface area contributed by atoms with Crippen molar-refractivity contribution in [3.8, 4) is 6.07 Å². The summed E-state index contributed by atoms with van der Waals surface area (Å²) in [4.78, 5) is 17.4. The number of hydrogen-bond donors (Lipinski definition) is 0. The van der Waals surface area contributed by atoms with Gasteiger partial charge in [-0.3, -0.25) is 9.69 Å². The molecule has 5 nitrogen and oxygen atoms in total. The van der Waals surface area contributed by atoms with Crippen molar-refractivity contribution in [1.82, 2.24) is 9.80 Å². The van der Waals surface area contributed by atoms with Crippen LogP contribution in [0.4, 0.5) is 8.78 Å². The third kappa shape index (κ3) is 3.60. The van der Waals surface area contributed by atoms with Gasteiger partial charge in [0.25, 0.3) is 5.91 Å². The lowest BCUT2D eigenvalue weighted by Crippen LogP contribution is -2.50. The zero-order valence-electron chi connectivity index (χ0n) is 17.1. The van der Waals surface area contributed by atoms with Gasteiger partial charge >= 0.3 is 0 Å². The predicted octanol–water partition coefficient (Wildman–Crippen LogP) is 3.89. The normalized spacial score (nSPS) is 25.1. The lowest BCUT2D eigenvalue weighted by molar-refractivity contribution is -0.143. The smallest absolute Gasteiger partial charge is 0.257 e. The summed E-state index contributed by atoms with van der Waals surface area (Å²) in [5.41, 5.74) is 1.35. The van der Waals surface area contributed by atoms with Crippen molar-refractivity contribution in [3.05, 3.63) is 70.8 Å². The van der Waals surface area contributed by atoms with Crippen molar-refractivity contribution < 1.29 is 18.3 Å². The first-order valence-corrected chi connectivity index (χ1v) is 10.7.